The number of carboxylic acids is 1. The van der Waals surface area contributed by atoms with Crippen molar-refractivity contribution in [2.45, 2.75) is 6.43 Å². The molecule has 0 amide bonds. The van der Waals surface area contributed by atoms with E-state index in [2.05, 4.69) is 0 Å². The Morgan fingerprint density at radius 3 is 2.50 bits per heavy atom. The molecule has 1 rings (SSSR count). The highest BCUT2D eigenvalue weighted by molar-refractivity contribution is 5.89. The van der Waals surface area contributed by atoms with Crippen LogP contribution in [0, 0.1) is 0 Å². The van der Waals surface area contributed by atoms with Crippen LogP contribution < -0.4 is 0 Å². The average Bonchev–Trinajstić information content (AvgIpc) is 2.31. The maximum atomic E-state index is 12.1. The normalized spacial score (nSPS) is 10.7. The van der Waals surface area contributed by atoms with E-state index >= 15 is 0 Å². The van der Waals surface area contributed by atoms with E-state index in [4.69, 9.17) is 5.11 Å². The van der Waals surface area contributed by atoms with Crippen molar-refractivity contribution in [2.75, 3.05) is 0 Å². The highest BCUT2D eigenvalue weighted by atomic mass is 19.3. The van der Waals surface area contributed by atoms with Crippen molar-refractivity contribution in [1.82, 2.24) is 4.57 Å². The Morgan fingerprint density at radius 1 is 1.58 bits per heavy atom. The molecule has 1 aromatic heterocycles. The lowest BCUT2D eigenvalue weighted by Crippen LogP contribution is -1.98. The molecule has 0 saturated heterocycles. The van der Waals surface area contributed by atoms with Gasteiger partial charge in [0.05, 0.1) is 5.56 Å². The molecule has 0 atom stereocenters. The lowest BCUT2D eigenvalue weighted by molar-refractivity contribution is 0.0685. The zero-order chi connectivity index (χ0) is 9.30. The number of hydrogen-bond acceptors (Lipinski definition) is 1. The second-order valence-electron chi connectivity index (χ2n) is 2.40. The van der Waals surface area contributed by atoms with Crippen molar-refractivity contribution < 1.29 is 18.7 Å². The van der Waals surface area contributed by atoms with Gasteiger partial charge in [-0.2, -0.15) is 0 Å². The van der Waals surface area contributed by atoms with Crippen LogP contribution >= 0.6 is 0 Å². The number of carboxylic acid groups (broad SMARTS) is 1. The summed E-state index contributed by atoms with van der Waals surface area (Å²) in [6.07, 6.45) is -0.477. The summed E-state index contributed by atoms with van der Waals surface area (Å²) in [4.78, 5) is 10.4. The molecule has 1 heterocycles. The van der Waals surface area contributed by atoms with Crippen LogP contribution in [0.25, 0.3) is 0 Å². The summed E-state index contributed by atoms with van der Waals surface area (Å²) in [5.74, 6) is -1.33. The summed E-state index contributed by atoms with van der Waals surface area (Å²) in [5, 5.41) is 8.48. The first-order valence-corrected chi connectivity index (χ1v) is 3.19. The molecule has 0 aliphatic carbocycles. The fourth-order valence-electron chi connectivity index (χ4n) is 0.957. The molecule has 12 heavy (non-hydrogen) atoms. The summed E-state index contributed by atoms with van der Waals surface area (Å²) in [7, 11) is 1.50. The Bertz CT molecular complexity index is 306. The molecule has 0 radical (unpaired) electrons. The number of aromatic nitrogens is 1. The minimum absolute atomic E-state index is 0.340. The molecule has 3 nitrogen and oxygen atoms in total. The third kappa shape index (κ3) is 1.44. The monoisotopic (exact) mass is 175 g/mol. The van der Waals surface area contributed by atoms with Crippen LogP contribution in [0.5, 0.6) is 0 Å². The van der Waals surface area contributed by atoms with E-state index in [1.54, 1.807) is 0 Å². The Hall–Kier alpha value is -1.39. The van der Waals surface area contributed by atoms with Crippen LogP contribution in [-0.4, -0.2) is 15.6 Å². The molecular weight excluding hydrogens is 168 g/mol. The average molecular weight is 175 g/mol. The zero-order valence-electron chi connectivity index (χ0n) is 6.29. The van der Waals surface area contributed by atoms with Crippen molar-refractivity contribution >= 4 is 5.97 Å². The summed E-state index contributed by atoms with van der Waals surface area (Å²) in [6.45, 7) is 0. The molecule has 1 N–H and O–H groups in total. The van der Waals surface area contributed by atoms with Crippen molar-refractivity contribution in [3.63, 3.8) is 0 Å². The molecule has 0 unspecified atom stereocenters. The summed E-state index contributed by atoms with van der Waals surface area (Å²) in [5.41, 5.74) is -0.780. The van der Waals surface area contributed by atoms with Gasteiger partial charge in [-0.05, 0) is 0 Å². The number of nitrogens with zero attached hydrogens (tertiary/aromatic N) is 1. The largest absolute Gasteiger partial charge is 0.478 e. The van der Waals surface area contributed by atoms with E-state index in [0.29, 0.717) is 0 Å². The third-order valence-electron chi connectivity index (χ3n) is 1.45. The van der Waals surface area contributed by atoms with E-state index in [-0.39, 0.29) is 5.56 Å². The molecule has 66 valence electrons. The van der Waals surface area contributed by atoms with Crippen LogP contribution in [0.4, 0.5) is 8.78 Å². The van der Waals surface area contributed by atoms with Gasteiger partial charge in [-0.3, -0.25) is 0 Å². The van der Waals surface area contributed by atoms with Gasteiger partial charge in [-0.25, -0.2) is 13.6 Å². The van der Waals surface area contributed by atoms with Crippen LogP contribution in [0.15, 0.2) is 12.4 Å². The van der Waals surface area contributed by atoms with Gasteiger partial charge in [0.25, 0.3) is 6.43 Å². The standard InChI is InChI=1S/C7H7F2NO2/c1-10-2-4(6(8)9)5(3-10)7(11)12/h2-3,6H,1H3,(H,11,12). The maximum absolute atomic E-state index is 12.1. The molecule has 0 aliphatic heterocycles. The first-order valence-electron chi connectivity index (χ1n) is 3.19. The topological polar surface area (TPSA) is 42.2 Å². The Morgan fingerprint density at radius 2 is 2.17 bits per heavy atom. The highest BCUT2D eigenvalue weighted by Gasteiger charge is 2.19. The Kier molecular flexibility index (Phi) is 2.12. The maximum Gasteiger partial charge on any atom is 0.337 e. The molecule has 1 aromatic rings. The molecule has 5 heteroatoms. The van der Waals surface area contributed by atoms with Gasteiger partial charge in [0, 0.05) is 25.0 Å². The third-order valence-corrected chi connectivity index (χ3v) is 1.45. The van der Waals surface area contributed by atoms with E-state index < -0.39 is 18.0 Å². The first kappa shape index (κ1) is 8.70. The SMILES string of the molecule is Cn1cc(C(=O)O)c(C(F)F)c1. The Labute approximate surface area is 67.2 Å². The lowest BCUT2D eigenvalue weighted by Gasteiger charge is -1.95. The minimum atomic E-state index is -2.74. The van der Waals surface area contributed by atoms with E-state index in [0.717, 1.165) is 12.4 Å². The second kappa shape index (κ2) is 2.92. The summed E-state index contributed by atoms with van der Waals surface area (Å²) >= 11 is 0. The number of carbonyl (C=O) groups is 1. The minimum Gasteiger partial charge on any atom is -0.478 e. The molecule has 0 saturated carbocycles. The predicted octanol–water partition coefficient (Wildman–Crippen LogP) is 1.66. The lowest BCUT2D eigenvalue weighted by atomic mass is 10.2. The van der Waals surface area contributed by atoms with Crippen LogP contribution in [0.2, 0.25) is 0 Å². The van der Waals surface area contributed by atoms with Crippen molar-refractivity contribution in [3.05, 3.63) is 23.5 Å². The van der Waals surface area contributed by atoms with Gasteiger partial charge in [0.2, 0.25) is 0 Å². The second-order valence-corrected chi connectivity index (χ2v) is 2.40. The highest BCUT2D eigenvalue weighted by Crippen LogP contribution is 2.23. The molecule has 0 aromatic carbocycles. The van der Waals surface area contributed by atoms with Gasteiger partial charge in [-0.15, -0.1) is 0 Å². The number of aryl methyl sites for hydroxylation is 1. The first-order chi connectivity index (χ1) is 5.52. The number of halogens is 2. The van der Waals surface area contributed by atoms with Gasteiger partial charge >= 0.3 is 5.97 Å². The smallest absolute Gasteiger partial charge is 0.337 e. The number of rotatable bonds is 2. The van der Waals surface area contributed by atoms with Crippen LogP contribution in [-0.2, 0) is 7.05 Å². The molecule has 0 spiro atoms. The molecule has 0 bridgehead atoms. The summed E-state index contributed by atoms with van der Waals surface area (Å²) < 4.78 is 25.5. The Balaban J connectivity index is 3.17. The van der Waals surface area contributed by atoms with Crippen molar-refractivity contribution in [2.24, 2.45) is 7.05 Å². The van der Waals surface area contributed by atoms with Crippen LogP contribution in [0.1, 0.15) is 22.3 Å². The van der Waals surface area contributed by atoms with E-state index in [9.17, 15) is 13.6 Å². The molecule has 0 aliphatic rings. The number of hydrogen-bond donors (Lipinski definition) is 1. The van der Waals surface area contributed by atoms with Crippen molar-refractivity contribution in [3.8, 4) is 0 Å². The fraction of sp³-hybridized carbons (Fsp3) is 0.286. The van der Waals surface area contributed by atoms with E-state index in [1.165, 1.54) is 11.6 Å². The van der Waals surface area contributed by atoms with Gasteiger partial charge in [-0.1, -0.05) is 0 Å². The quantitative estimate of drug-likeness (QED) is 0.742. The van der Waals surface area contributed by atoms with E-state index in [1.807, 2.05) is 0 Å². The predicted molar refractivity (Wildman–Crippen MR) is 37.3 cm³/mol. The van der Waals surface area contributed by atoms with Crippen LogP contribution in [0.3, 0.4) is 0 Å². The molecular formula is C7H7F2NO2. The molecule has 0 fully saturated rings. The van der Waals surface area contributed by atoms with Gasteiger partial charge in [0.1, 0.15) is 0 Å². The van der Waals surface area contributed by atoms with Gasteiger partial charge < -0.3 is 9.67 Å². The van der Waals surface area contributed by atoms with Gasteiger partial charge in [0.15, 0.2) is 0 Å². The number of aromatic carboxylic acids is 1. The fourth-order valence-corrected chi connectivity index (χ4v) is 0.957. The zero-order valence-corrected chi connectivity index (χ0v) is 6.29. The summed E-state index contributed by atoms with van der Waals surface area (Å²) in [6, 6.07) is 0. The van der Waals surface area contributed by atoms with Crippen molar-refractivity contribution in [1.29, 1.82) is 0 Å². The number of alkyl halides is 2.